The van der Waals surface area contributed by atoms with Gasteiger partial charge < -0.3 is 14.6 Å². The highest BCUT2D eigenvalue weighted by Gasteiger charge is 2.11. The first-order valence-electron chi connectivity index (χ1n) is 8.00. The van der Waals surface area contributed by atoms with E-state index < -0.39 is 17.7 Å². The van der Waals surface area contributed by atoms with Crippen molar-refractivity contribution in [3.8, 4) is 5.75 Å². The van der Waals surface area contributed by atoms with Crippen molar-refractivity contribution in [3.63, 3.8) is 0 Å². The van der Waals surface area contributed by atoms with E-state index in [1.54, 1.807) is 31.2 Å². The normalized spacial score (nSPS) is 11.8. The molecule has 0 radical (unpaired) electrons. The van der Waals surface area contributed by atoms with Crippen LogP contribution in [0.4, 0.5) is 8.78 Å². The molecule has 0 aliphatic heterocycles. The van der Waals surface area contributed by atoms with Gasteiger partial charge in [0, 0.05) is 18.1 Å². The van der Waals surface area contributed by atoms with Gasteiger partial charge in [-0.2, -0.15) is 0 Å². The highest BCUT2D eigenvalue weighted by molar-refractivity contribution is 5.69. The number of aliphatic hydroxyl groups excluding tert-OH is 1. The minimum absolute atomic E-state index is 0.0309. The van der Waals surface area contributed by atoms with Crippen LogP contribution in [-0.4, -0.2) is 17.7 Å². The van der Waals surface area contributed by atoms with Crippen molar-refractivity contribution in [3.05, 3.63) is 65.2 Å². The van der Waals surface area contributed by atoms with Crippen molar-refractivity contribution in [2.45, 2.75) is 32.5 Å². The Bertz CT molecular complexity index is 701. The number of hydrogen-bond donors (Lipinski definition) is 1. The van der Waals surface area contributed by atoms with Gasteiger partial charge in [-0.1, -0.05) is 12.1 Å². The molecule has 4 nitrogen and oxygen atoms in total. The van der Waals surface area contributed by atoms with E-state index in [1.165, 1.54) is 12.1 Å². The van der Waals surface area contributed by atoms with Gasteiger partial charge in [0.05, 0.1) is 12.7 Å². The molecule has 2 aromatic carbocycles. The summed E-state index contributed by atoms with van der Waals surface area (Å²) in [5.41, 5.74) is 0.893. The van der Waals surface area contributed by atoms with Crippen LogP contribution in [-0.2, 0) is 16.1 Å². The Labute approximate surface area is 145 Å². The van der Waals surface area contributed by atoms with E-state index in [1.807, 2.05) is 0 Å². The monoisotopic (exact) mass is 350 g/mol. The average molecular weight is 350 g/mol. The second-order valence-corrected chi connectivity index (χ2v) is 5.45. The molecule has 0 saturated heterocycles. The standard InChI is InChI=1S/C19H20F2O4/c1-2-24-19(23)10-9-18(22)13-4-7-16(8-5-13)25-12-14-3-6-15(20)11-17(14)21/h3-8,11,18,22H,2,9-10,12H2,1H3. The zero-order valence-corrected chi connectivity index (χ0v) is 13.9. The minimum atomic E-state index is -0.784. The molecular formula is C19H20F2O4. The Morgan fingerprint density at radius 2 is 1.88 bits per heavy atom. The summed E-state index contributed by atoms with van der Waals surface area (Å²) in [6.07, 6.45) is -0.385. The molecule has 134 valence electrons. The van der Waals surface area contributed by atoms with Gasteiger partial charge in [0.2, 0.25) is 0 Å². The molecule has 0 aliphatic carbocycles. The topological polar surface area (TPSA) is 55.8 Å². The highest BCUT2D eigenvalue weighted by atomic mass is 19.1. The van der Waals surface area contributed by atoms with Crippen LogP contribution in [0.5, 0.6) is 5.75 Å². The first-order valence-corrected chi connectivity index (χ1v) is 8.00. The van der Waals surface area contributed by atoms with Gasteiger partial charge in [-0.3, -0.25) is 4.79 Å². The first kappa shape index (κ1) is 18.9. The minimum Gasteiger partial charge on any atom is -0.489 e. The van der Waals surface area contributed by atoms with Crippen LogP contribution < -0.4 is 4.74 Å². The SMILES string of the molecule is CCOC(=O)CCC(O)c1ccc(OCc2ccc(F)cc2F)cc1. The molecule has 6 heteroatoms. The summed E-state index contributed by atoms with van der Waals surface area (Å²) in [7, 11) is 0. The molecule has 0 fully saturated rings. The Hall–Kier alpha value is -2.47. The lowest BCUT2D eigenvalue weighted by Gasteiger charge is -2.12. The first-order chi connectivity index (χ1) is 12.0. The summed E-state index contributed by atoms with van der Waals surface area (Å²) in [6, 6.07) is 9.94. The molecule has 25 heavy (non-hydrogen) atoms. The van der Waals surface area contributed by atoms with Gasteiger partial charge in [-0.25, -0.2) is 8.78 Å². The molecule has 0 spiro atoms. The van der Waals surface area contributed by atoms with Gasteiger partial charge in [0.15, 0.2) is 0 Å². The number of carbonyl (C=O) groups is 1. The zero-order valence-electron chi connectivity index (χ0n) is 13.9. The molecule has 0 bridgehead atoms. The maximum absolute atomic E-state index is 13.5. The Kier molecular flexibility index (Phi) is 6.89. The van der Waals surface area contributed by atoms with Gasteiger partial charge in [-0.15, -0.1) is 0 Å². The van der Waals surface area contributed by atoms with E-state index in [2.05, 4.69) is 0 Å². The van der Waals surface area contributed by atoms with Crippen molar-refractivity contribution in [1.82, 2.24) is 0 Å². The quantitative estimate of drug-likeness (QED) is 0.733. The smallest absolute Gasteiger partial charge is 0.305 e. The van der Waals surface area contributed by atoms with Gasteiger partial charge >= 0.3 is 5.97 Å². The fourth-order valence-electron chi connectivity index (χ4n) is 2.24. The second-order valence-electron chi connectivity index (χ2n) is 5.45. The third-order valence-corrected chi connectivity index (χ3v) is 3.60. The van der Waals surface area contributed by atoms with E-state index in [0.29, 0.717) is 17.9 Å². The summed E-state index contributed by atoms with van der Waals surface area (Å²) in [5.74, 6) is -1.15. The maximum atomic E-state index is 13.5. The summed E-state index contributed by atoms with van der Waals surface area (Å²) < 4.78 is 36.7. The Morgan fingerprint density at radius 1 is 1.16 bits per heavy atom. The molecule has 1 atom stereocenters. The largest absolute Gasteiger partial charge is 0.489 e. The number of carbonyl (C=O) groups excluding carboxylic acids is 1. The van der Waals surface area contributed by atoms with E-state index in [-0.39, 0.29) is 31.0 Å². The molecular weight excluding hydrogens is 330 g/mol. The molecule has 1 unspecified atom stereocenters. The van der Waals surface area contributed by atoms with Crippen molar-refractivity contribution in [2.75, 3.05) is 6.61 Å². The third kappa shape index (κ3) is 5.83. The van der Waals surface area contributed by atoms with E-state index in [9.17, 15) is 18.7 Å². The van der Waals surface area contributed by atoms with Crippen molar-refractivity contribution in [1.29, 1.82) is 0 Å². The van der Waals surface area contributed by atoms with Crippen molar-refractivity contribution in [2.24, 2.45) is 0 Å². The van der Waals surface area contributed by atoms with Crippen molar-refractivity contribution < 1.29 is 28.2 Å². The van der Waals surface area contributed by atoms with Crippen LogP contribution in [0.2, 0.25) is 0 Å². The molecule has 0 aliphatic rings. The summed E-state index contributed by atoms with van der Waals surface area (Å²) in [4.78, 5) is 11.3. The van der Waals surface area contributed by atoms with E-state index in [4.69, 9.17) is 9.47 Å². The molecule has 0 amide bonds. The average Bonchev–Trinajstić information content (AvgIpc) is 2.59. The number of benzene rings is 2. The predicted molar refractivity (Wildman–Crippen MR) is 88.0 cm³/mol. The summed E-state index contributed by atoms with van der Waals surface area (Å²) in [6.45, 7) is 2.01. The predicted octanol–water partition coefficient (Wildman–Crippen LogP) is 3.92. The number of ether oxygens (including phenoxy) is 2. The van der Waals surface area contributed by atoms with Gasteiger partial charge in [0.25, 0.3) is 0 Å². The van der Waals surface area contributed by atoms with Gasteiger partial charge in [0.1, 0.15) is 24.0 Å². The van der Waals surface area contributed by atoms with Crippen molar-refractivity contribution >= 4 is 5.97 Å². The lowest BCUT2D eigenvalue weighted by Crippen LogP contribution is -2.07. The van der Waals surface area contributed by atoms with Crippen LogP contribution in [0.1, 0.15) is 37.0 Å². The molecule has 1 N–H and O–H groups in total. The molecule has 0 aromatic heterocycles. The van der Waals surface area contributed by atoms with Crippen LogP contribution in [0.3, 0.4) is 0 Å². The van der Waals surface area contributed by atoms with Crippen LogP contribution in [0.15, 0.2) is 42.5 Å². The summed E-state index contributed by atoms with van der Waals surface area (Å²) in [5, 5.41) is 10.1. The maximum Gasteiger partial charge on any atom is 0.305 e. The lowest BCUT2D eigenvalue weighted by molar-refractivity contribution is -0.143. The summed E-state index contributed by atoms with van der Waals surface area (Å²) >= 11 is 0. The number of hydrogen-bond acceptors (Lipinski definition) is 4. The zero-order chi connectivity index (χ0) is 18.2. The molecule has 0 saturated carbocycles. The number of esters is 1. The van der Waals surface area contributed by atoms with Crippen LogP contribution >= 0.6 is 0 Å². The third-order valence-electron chi connectivity index (χ3n) is 3.60. The Morgan fingerprint density at radius 3 is 2.52 bits per heavy atom. The lowest BCUT2D eigenvalue weighted by atomic mass is 10.0. The molecule has 2 rings (SSSR count). The fraction of sp³-hybridized carbons (Fsp3) is 0.316. The highest BCUT2D eigenvalue weighted by Crippen LogP contribution is 2.22. The molecule has 2 aromatic rings. The van der Waals surface area contributed by atoms with Crippen LogP contribution in [0, 0.1) is 11.6 Å². The number of aliphatic hydroxyl groups is 1. The molecule has 0 heterocycles. The second kappa shape index (κ2) is 9.13. The van der Waals surface area contributed by atoms with E-state index >= 15 is 0 Å². The Balaban J connectivity index is 1.87. The number of halogens is 2. The van der Waals surface area contributed by atoms with E-state index in [0.717, 1.165) is 6.07 Å². The van der Waals surface area contributed by atoms with Crippen LogP contribution in [0.25, 0.3) is 0 Å². The van der Waals surface area contributed by atoms with Gasteiger partial charge in [-0.05, 0) is 43.2 Å². The fourth-order valence-corrected chi connectivity index (χ4v) is 2.24. The number of rotatable bonds is 8.